The zero-order chi connectivity index (χ0) is 7.84. The summed E-state index contributed by atoms with van der Waals surface area (Å²) in [5, 5.41) is 10.9. The molecule has 11 heavy (non-hydrogen) atoms. The van der Waals surface area contributed by atoms with Gasteiger partial charge in [-0.1, -0.05) is 0 Å². The fourth-order valence-corrected chi connectivity index (χ4v) is 2.52. The van der Waals surface area contributed by atoms with Crippen LogP contribution in [-0.2, 0) is 4.79 Å². The summed E-state index contributed by atoms with van der Waals surface area (Å²) in [4.78, 5) is 12.4. The van der Waals surface area contributed by atoms with Gasteiger partial charge in [0, 0.05) is 12.3 Å². The minimum absolute atomic E-state index is 0.389. The average Bonchev–Trinajstić information content (AvgIpc) is 1.90. The maximum absolute atomic E-state index is 10.5. The molecule has 0 N–H and O–H groups in total. The Morgan fingerprint density at radius 1 is 1.82 bits per heavy atom. The molecular weight excluding hydrogens is 162 g/mol. The van der Waals surface area contributed by atoms with E-state index < -0.39 is 5.97 Å². The first-order valence-corrected chi connectivity index (χ1v) is 4.63. The minimum Gasteiger partial charge on any atom is -0.543 e. The van der Waals surface area contributed by atoms with Gasteiger partial charge in [-0.05, 0) is 12.5 Å². The van der Waals surface area contributed by atoms with Gasteiger partial charge in [0.15, 0.2) is 0 Å². The van der Waals surface area contributed by atoms with E-state index in [4.69, 9.17) is 0 Å². The highest BCUT2D eigenvalue weighted by Gasteiger charge is 2.32. The number of carbonyl (C=O) groups is 1. The molecular formula is C7H8NO2S-. The lowest BCUT2D eigenvalue weighted by atomic mass is 10.2. The molecule has 4 heteroatoms. The van der Waals surface area contributed by atoms with Crippen LogP contribution in [0.25, 0.3) is 0 Å². The summed E-state index contributed by atoms with van der Waals surface area (Å²) in [6.07, 6.45) is 2.84. The molecule has 0 bridgehead atoms. The molecule has 0 spiro atoms. The quantitative estimate of drug-likeness (QED) is 0.527. The van der Waals surface area contributed by atoms with Gasteiger partial charge in [-0.2, -0.15) is 0 Å². The first kappa shape index (κ1) is 7.03. The van der Waals surface area contributed by atoms with Crippen LogP contribution in [0.5, 0.6) is 0 Å². The third kappa shape index (κ3) is 1.01. The highest BCUT2D eigenvalue weighted by molar-refractivity contribution is 8.00. The van der Waals surface area contributed by atoms with Crippen LogP contribution in [0.4, 0.5) is 0 Å². The Morgan fingerprint density at radius 2 is 2.64 bits per heavy atom. The predicted octanol–water partition coefficient (Wildman–Crippen LogP) is -0.601. The molecule has 2 rings (SSSR count). The van der Waals surface area contributed by atoms with Crippen molar-refractivity contribution in [2.75, 3.05) is 12.3 Å². The van der Waals surface area contributed by atoms with Crippen molar-refractivity contribution in [1.29, 1.82) is 0 Å². The van der Waals surface area contributed by atoms with Crippen molar-refractivity contribution in [1.82, 2.24) is 4.90 Å². The molecule has 0 amide bonds. The van der Waals surface area contributed by atoms with Crippen molar-refractivity contribution in [2.45, 2.75) is 11.8 Å². The summed E-state index contributed by atoms with van der Waals surface area (Å²) >= 11 is 1.79. The first-order valence-electron chi connectivity index (χ1n) is 3.59. The predicted molar refractivity (Wildman–Crippen MR) is 40.7 cm³/mol. The molecule has 0 aromatic carbocycles. The molecule has 2 aliphatic rings. The summed E-state index contributed by atoms with van der Waals surface area (Å²) in [6.45, 7) is 0.872. The summed E-state index contributed by atoms with van der Waals surface area (Å²) in [5.41, 5.74) is 0.389. The SMILES string of the molecule is O=C([O-])C1=CCSC2CCN12. The lowest BCUT2D eigenvalue weighted by Crippen LogP contribution is -2.50. The van der Waals surface area contributed by atoms with Crippen LogP contribution in [0.2, 0.25) is 0 Å². The smallest absolute Gasteiger partial charge is 0.0874 e. The second-order valence-electron chi connectivity index (χ2n) is 2.65. The van der Waals surface area contributed by atoms with E-state index in [2.05, 4.69) is 0 Å². The molecule has 2 aliphatic heterocycles. The molecule has 0 radical (unpaired) electrons. The molecule has 0 aliphatic carbocycles. The molecule has 1 fully saturated rings. The summed E-state index contributed by atoms with van der Waals surface area (Å²) in [7, 11) is 0. The molecule has 0 aromatic heterocycles. The lowest BCUT2D eigenvalue weighted by Gasteiger charge is -2.46. The number of nitrogens with zero attached hydrogens (tertiary/aromatic N) is 1. The normalized spacial score (nSPS) is 28.5. The Hall–Kier alpha value is -0.640. The number of carboxylic acid groups (broad SMARTS) is 1. The van der Waals surface area contributed by atoms with Crippen LogP contribution in [0.3, 0.4) is 0 Å². The third-order valence-corrected chi connectivity index (χ3v) is 3.28. The van der Waals surface area contributed by atoms with Gasteiger partial charge in [0.2, 0.25) is 0 Å². The van der Waals surface area contributed by atoms with E-state index >= 15 is 0 Å². The number of carboxylic acids is 1. The second-order valence-corrected chi connectivity index (χ2v) is 3.86. The maximum Gasteiger partial charge on any atom is 0.0874 e. The van der Waals surface area contributed by atoms with Crippen LogP contribution in [0, 0.1) is 0 Å². The average molecular weight is 170 g/mol. The number of rotatable bonds is 1. The standard InChI is InChI=1S/C7H9NO2S/c9-7(10)5-2-4-11-6-1-3-8(5)6/h2,6H,1,3-4H2,(H,9,10)/p-1. The number of hydrogen-bond donors (Lipinski definition) is 0. The first-order chi connectivity index (χ1) is 5.29. The monoisotopic (exact) mass is 170 g/mol. The Kier molecular flexibility index (Phi) is 1.56. The van der Waals surface area contributed by atoms with Crippen molar-refractivity contribution in [2.24, 2.45) is 0 Å². The topological polar surface area (TPSA) is 43.4 Å². The van der Waals surface area contributed by atoms with Crippen molar-refractivity contribution in [3.63, 3.8) is 0 Å². The van der Waals surface area contributed by atoms with E-state index in [0.29, 0.717) is 11.1 Å². The van der Waals surface area contributed by atoms with Gasteiger partial charge in [0.25, 0.3) is 0 Å². The molecule has 0 saturated carbocycles. The van der Waals surface area contributed by atoms with Gasteiger partial charge in [-0.25, -0.2) is 0 Å². The highest BCUT2D eigenvalue weighted by Crippen LogP contribution is 2.35. The van der Waals surface area contributed by atoms with Crippen LogP contribution in [0.15, 0.2) is 11.8 Å². The number of aliphatic carboxylic acids is 1. The van der Waals surface area contributed by atoms with E-state index in [9.17, 15) is 9.90 Å². The molecule has 1 saturated heterocycles. The Balaban J connectivity index is 2.18. The van der Waals surface area contributed by atoms with Crippen LogP contribution in [0.1, 0.15) is 6.42 Å². The Morgan fingerprint density at radius 3 is 3.09 bits per heavy atom. The second kappa shape index (κ2) is 2.44. The number of carbonyl (C=O) groups excluding carboxylic acids is 1. The van der Waals surface area contributed by atoms with Crippen LogP contribution < -0.4 is 5.11 Å². The zero-order valence-corrected chi connectivity index (χ0v) is 6.76. The maximum atomic E-state index is 10.5. The zero-order valence-electron chi connectivity index (χ0n) is 5.95. The number of hydrogen-bond acceptors (Lipinski definition) is 4. The number of fused-ring (bicyclic) bond motifs is 1. The van der Waals surface area contributed by atoms with Gasteiger partial charge in [-0.3, -0.25) is 0 Å². The van der Waals surface area contributed by atoms with E-state index in [1.807, 2.05) is 4.90 Å². The molecule has 3 nitrogen and oxygen atoms in total. The van der Waals surface area contributed by atoms with Gasteiger partial charge in [0.1, 0.15) is 0 Å². The largest absolute Gasteiger partial charge is 0.543 e. The minimum atomic E-state index is -1.03. The van der Waals surface area contributed by atoms with E-state index in [1.54, 1.807) is 17.8 Å². The van der Waals surface area contributed by atoms with Crippen molar-refractivity contribution in [3.8, 4) is 0 Å². The summed E-state index contributed by atoms with van der Waals surface area (Å²) in [5.74, 6) is -0.222. The lowest BCUT2D eigenvalue weighted by molar-refractivity contribution is -0.301. The molecule has 60 valence electrons. The molecule has 1 atom stereocenters. The molecule has 0 aromatic rings. The summed E-state index contributed by atoms with van der Waals surface area (Å²) < 4.78 is 0. The van der Waals surface area contributed by atoms with Crippen LogP contribution in [-0.4, -0.2) is 28.5 Å². The Bertz CT molecular complexity index is 226. The number of thioether (sulfide) groups is 1. The fourth-order valence-electron chi connectivity index (χ4n) is 1.37. The van der Waals surface area contributed by atoms with E-state index in [-0.39, 0.29) is 0 Å². The van der Waals surface area contributed by atoms with Crippen LogP contribution >= 0.6 is 11.8 Å². The van der Waals surface area contributed by atoms with Gasteiger partial charge < -0.3 is 14.8 Å². The Labute approximate surface area is 69.1 Å². The van der Waals surface area contributed by atoms with Crippen molar-refractivity contribution in [3.05, 3.63) is 11.8 Å². The molecule has 2 heterocycles. The van der Waals surface area contributed by atoms with Gasteiger partial charge in [0.05, 0.1) is 17.0 Å². The van der Waals surface area contributed by atoms with Crippen molar-refractivity contribution >= 4 is 17.7 Å². The van der Waals surface area contributed by atoms with Gasteiger partial charge in [-0.15, -0.1) is 11.8 Å². The van der Waals surface area contributed by atoms with Crippen molar-refractivity contribution < 1.29 is 9.90 Å². The fraction of sp³-hybridized carbons (Fsp3) is 0.571. The van der Waals surface area contributed by atoms with E-state index in [0.717, 1.165) is 18.7 Å². The van der Waals surface area contributed by atoms with Gasteiger partial charge >= 0.3 is 0 Å². The van der Waals surface area contributed by atoms with E-state index in [1.165, 1.54) is 0 Å². The molecule has 1 unspecified atom stereocenters. The highest BCUT2D eigenvalue weighted by atomic mass is 32.2. The third-order valence-electron chi connectivity index (χ3n) is 2.05. The summed E-state index contributed by atoms with van der Waals surface area (Å²) in [6, 6.07) is 0.